The van der Waals surface area contributed by atoms with Crippen LogP contribution in [0.1, 0.15) is 6.92 Å². The van der Waals surface area contributed by atoms with Gasteiger partial charge >= 0.3 is 0 Å². The Balaban J connectivity index is 2.77. The Morgan fingerprint density at radius 2 is 2.06 bits per heavy atom. The second kappa shape index (κ2) is 5.55. The summed E-state index contributed by atoms with van der Waals surface area (Å²) in [4.78, 5) is 10.9. The summed E-state index contributed by atoms with van der Waals surface area (Å²) in [5.41, 5.74) is 0. The van der Waals surface area contributed by atoms with Gasteiger partial charge in [-0.2, -0.15) is 0 Å². The van der Waals surface area contributed by atoms with Gasteiger partial charge in [0, 0.05) is 14.0 Å². The normalized spacial score (nSPS) is 39.4. The van der Waals surface area contributed by atoms with E-state index in [4.69, 9.17) is 14.6 Å². The molecule has 0 aromatic carbocycles. The molecular formula is C9H17NO6. The third-order valence-corrected chi connectivity index (χ3v) is 2.48. The quantitative estimate of drug-likeness (QED) is 0.433. The first-order chi connectivity index (χ1) is 7.51. The Morgan fingerprint density at radius 1 is 1.44 bits per heavy atom. The largest absolute Gasteiger partial charge is 0.394 e. The van der Waals surface area contributed by atoms with E-state index in [1.165, 1.54) is 14.0 Å². The number of carbonyl (C=O) groups excluding carboxylic acids is 1. The van der Waals surface area contributed by atoms with Crippen molar-refractivity contribution in [3.8, 4) is 0 Å². The average Bonchev–Trinajstić information content (AvgIpc) is 2.25. The predicted molar refractivity (Wildman–Crippen MR) is 52.4 cm³/mol. The van der Waals surface area contributed by atoms with E-state index in [1.54, 1.807) is 0 Å². The Kier molecular flexibility index (Phi) is 4.63. The number of rotatable bonds is 3. The highest BCUT2D eigenvalue weighted by molar-refractivity contribution is 5.73. The van der Waals surface area contributed by atoms with Gasteiger partial charge in [-0.3, -0.25) is 4.79 Å². The van der Waals surface area contributed by atoms with Crippen molar-refractivity contribution in [3.05, 3.63) is 0 Å². The minimum atomic E-state index is -1.27. The van der Waals surface area contributed by atoms with Gasteiger partial charge in [-0.25, -0.2) is 0 Å². The lowest BCUT2D eigenvalue weighted by atomic mass is 9.97. The Morgan fingerprint density at radius 3 is 2.50 bits per heavy atom. The van der Waals surface area contributed by atoms with Crippen LogP contribution in [-0.4, -0.2) is 65.6 Å². The third-order valence-electron chi connectivity index (χ3n) is 2.48. The van der Waals surface area contributed by atoms with Crippen LogP contribution in [0.25, 0.3) is 0 Å². The van der Waals surface area contributed by atoms with E-state index in [-0.39, 0.29) is 5.91 Å². The summed E-state index contributed by atoms with van der Waals surface area (Å²) in [6.07, 6.45) is -4.35. The lowest BCUT2D eigenvalue weighted by molar-refractivity contribution is -0.262. The molecule has 1 saturated heterocycles. The number of amides is 1. The van der Waals surface area contributed by atoms with Gasteiger partial charge < -0.3 is 30.1 Å². The zero-order chi connectivity index (χ0) is 12.3. The van der Waals surface area contributed by atoms with Crippen LogP contribution in [-0.2, 0) is 14.3 Å². The van der Waals surface area contributed by atoms with E-state index < -0.39 is 37.3 Å². The Hall–Kier alpha value is -0.730. The average molecular weight is 235 g/mol. The van der Waals surface area contributed by atoms with Crippen molar-refractivity contribution in [2.24, 2.45) is 0 Å². The molecule has 0 aromatic rings. The van der Waals surface area contributed by atoms with Gasteiger partial charge in [0.15, 0.2) is 6.29 Å². The Labute approximate surface area is 93.0 Å². The molecule has 5 atom stereocenters. The zero-order valence-corrected chi connectivity index (χ0v) is 9.16. The molecule has 16 heavy (non-hydrogen) atoms. The molecule has 0 radical (unpaired) electrons. The number of hydrogen-bond donors (Lipinski definition) is 4. The van der Waals surface area contributed by atoms with Crippen molar-refractivity contribution in [3.63, 3.8) is 0 Å². The van der Waals surface area contributed by atoms with E-state index in [1.807, 2.05) is 0 Å². The van der Waals surface area contributed by atoms with Gasteiger partial charge in [-0.05, 0) is 0 Å². The van der Waals surface area contributed by atoms with Crippen molar-refractivity contribution in [1.82, 2.24) is 5.32 Å². The highest BCUT2D eigenvalue weighted by Crippen LogP contribution is 2.21. The molecule has 1 aliphatic rings. The smallest absolute Gasteiger partial charge is 0.217 e. The molecule has 1 aliphatic heterocycles. The number of aliphatic hydroxyl groups excluding tert-OH is 3. The number of ether oxygens (including phenoxy) is 2. The minimum Gasteiger partial charge on any atom is -0.394 e. The van der Waals surface area contributed by atoms with Crippen LogP contribution in [0.2, 0.25) is 0 Å². The molecule has 1 rings (SSSR count). The lowest BCUT2D eigenvalue weighted by Crippen LogP contribution is -2.64. The van der Waals surface area contributed by atoms with Gasteiger partial charge in [0.25, 0.3) is 0 Å². The molecule has 7 heteroatoms. The van der Waals surface area contributed by atoms with E-state index >= 15 is 0 Å². The molecule has 4 N–H and O–H groups in total. The van der Waals surface area contributed by atoms with Crippen LogP contribution in [0.3, 0.4) is 0 Å². The lowest BCUT2D eigenvalue weighted by Gasteiger charge is -2.41. The first kappa shape index (κ1) is 13.3. The van der Waals surface area contributed by atoms with Crippen molar-refractivity contribution in [2.75, 3.05) is 13.7 Å². The highest BCUT2D eigenvalue weighted by Gasteiger charge is 2.44. The van der Waals surface area contributed by atoms with Crippen LogP contribution in [0.5, 0.6) is 0 Å². The topological polar surface area (TPSA) is 108 Å². The van der Waals surface area contributed by atoms with E-state index in [9.17, 15) is 15.0 Å². The maximum atomic E-state index is 10.9. The summed E-state index contributed by atoms with van der Waals surface area (Å²) in [7, 11) is 1.35. The van der Waals surface area contributed by atoms with Gasteiger partial charge in [-0.1, -0.05) is 0 Å². The third kappa shape index (κ3) is 2.69. The highest BCUT2D eigenvalue weighted by atomic mass is 16.7. The van der Waals surface area contributed by atoms with Crippen LogP contribution < -0.4 is 5.32 Å². The van der Waals surface area contributed by atoms with Crippen molar-refractivity contribution >= 4 is 5.91 Å². The second-order valence-electron chi connectivity index (χ2n) is 3.67. The van der Waals surface area contributed by atoms with E-state index in [2.05, 4.69) is 5.32 Å². The number of methoxy groups -OCH3 is 1. The predicted octanol–water partition coefficient (Wildman–Crippen LogP) is -2.42. The SMILES string of the molecule is COC1OC(CO)[C@H](O)C(O)[C@H]1NC(C)=O. The maximum Gasteiger partial charge on any atom is 0.217 e. The molecule has 7 nitrogen and oxygen atoms in total. The molecule has 1 heterocycles. The molecule has 0 aliphatic carbocycles. The van der Waals surface area contributed by atoms with E-state index in [0.29, 0.717) is 0 Å². The van der Waals surface area contributed by atoms with E-state index in [0.717, 1.165) is 0 Å². The molecule has 0 aromatic heterocycles. The fourth-order valence-corrected chi connectivity index (χ4v) is 1.67. The first-order valence-electron chi connectivity index (χ1n) is 4.93. The number of nitrogens with one attached hydrogen (secondary N) is 1. The summed E-state index contributed by atoms with van der Waals surface area (Å²) in [5.74, 6) is -0.371. The summed E-state index contributed by atoms with van der Waals surface area (Å²) in [6.45, 7) is 0.842. The van der Waals surface area contributed by atoms with Crippen molar-refractivity contribution < 1.29 is 29.6 Å². The summed E-state index contributed by atoms with van der Waals surface area (Å²) < 4.78 is 10.1. The van der Waals surface area contributed by atoms with Crippen LogP contribution in [0.4, 0.5) is 0 Å². The number of carbonyl (C=O) groups is 1. The molecule has 0 saturated carbocycles. The van der Waals surface area contributed by atoms with Gasteiger partial charge in [0.2, 0.25) is 5.91 Å². The molecule has 0 spiro atoms. The summed E-state index contributed by atoms with van der Waals surface area (Å²) in [6, 6.07) is -0.861. The van der Waals surface area contributed by atoms with Crippen molar-refractivity contribution in [2.45, 2.75) is 37.6 Å². The maximum absolute atomic E-state index is 10.9. The monoisotopic (exact) mass is 235 g/mol. The van der Waals surface area contributed by atoms with Gasteiger partial charge in [-0.15, -0.1) is 0 Å². The minimum absolute atomic E-state index is 0.371. The fraction of sp³-hybridized carbons (Fsp3) is 0.889. The molecular weight excluding hydrogens is 218 g/mol. The molecule has 1 fully saturated rings. The molecule has 3 unspecified atom stereocenters. The van der Waals surface area contributed by atoms with Crippen LogP contribution >= 0.6 is 0 Å². The fourth-order valence-electron chi connectivity index (χ4n) is 1.67. The van der Waals surface area contributed by atoms with Crippen molar-refractivity contribution in [1.29, 1.82) is 0 Å². The molecule has 0 bridgehead atoms. The van der Waals surface area contributed by atoms with Crippen LogP contribution in [0.15, 0.2) is 0 Å². The second-order valence-corrected chi connectivity index (χ2v) is 3.67. The van der Waals surface area contributed by atoms with Crippen LogP contribution in [0, 0.1) is 0 Å². The number of aliphatic hydroxyl groups is 3. The summed E-state index contributed by atoms with van der Waals surface area (Å²) >= 11 is 0. The summed E-state index contributed by atoms with van der Waals surface area (Å²) in [5, 5.41) is 30.7. The van der Waals surface area contributed by atoms with Gasteiger partial charge in [0.1, 0.15) is 24.4 Å². The van der Waals surface area contributed by atoms with Gasteiger partial charge in [0.05, 0.1) is 6.61 Å². The standard InChI is InChI=1S/C9H17NO6/c1-4(12)10-6-8(14)7(13)5(3-11)16-9(6)15-2/h5-9,11,13-14H,3H2,1-2H3,(H,10,12)/t5?,6-,7+,8?,9?/m1/s1. The first-order valence-corrected chi connectivity index (χ1v) is 4.93. The zero-order valence-electron chi connectivity index (χ0n) is 9.16. The molecule has 1 amide bonds. The Bertz CT molecular complexity index is 246. The number of hydrogen-bond acceptors (Lipinski definition) is 6. The molecule has 94 valence electrons.